The van der Waals surface area contributed by atoms with Gasteiger partial charge in [-0.1, -0.05) is 0 Å². The lowest BCUT2D eigenvalue weighted by Gasteiger charge is -2.00. The van der Waals surface area contributed by atoms with Gasteiger partial charge in [0.05, 0.1) is 10.2 Å². The molecular weight excluding hydrogens is 311 g/mol. The van der Waals surface area contributed by atoms with E-state index in [-0.39, 0.29) is 18.3 Å². The first-order chi connectivity index (χ1) is 7.04. The summed E-state index contributed by atoms with van der Waals surface area (Å²) < 4.78 is 6.92. The van der Waals surface area contributed by atoms with Gasteiger partial charge in [0.1, 0.15) is 12.2 Å². The van der Waals surface area contributed by atoms with E-state index in [1.807, 2.05) is 22.6 Å². The minimum atomic E-state index is -0.355. The number of halogens is 1. The number of aromatic nitrogens is 2. The quantitative estimate of drug-likeness (QED) is 0.476. The molecule has 0 spiro atoms. The van der Waals surface area contributed by atoms with Crippen LogP contribution in [0.3, 0.4) is 0 Å². The van der Waals surface area contributed by atoms with Gasteiger partial charge in [-0.05, 0) is 29.5 Å². The maximum absolute atomic E-state index is 11.1. The topological polar surface area (TPSA) is 61.2 Å². The third-order valence-corrected chi connectivity index (χ3v) is 2.44. The number of esters is 1. The molecule has 0 amide bonds. The van der Waals surface area contributed by atoms with Crippen LogP contribution in [-0.4, -0.2) is 28.1 Å². The van der Waals surface area contributed by atoms with Crippen LogP contribution in [-0.2, 0) is 16.1 Å². The molecule has 0 aliphatic rings. The molecule has 1 heterocycles. The number of ether oxygens (including phenoxy) is 1. The average Bonchev–Trinajstić information content (AvgIpc) is 2.47. The first-order valence-electron chi connectivity index (χ1n) is 4.44. The third kappa shape index (κ3) is 3.29. The van der Waals surface area contributed by atoms with Crippen LogP contribution in [0.2, 0.25) is 0 Å². The second-order valence-electron chi connectivity index (χ2n) is 2.88. The summed E-state index contributed by atoms with van der Waals surface area (Å²) in [5, 5.41) is 3.99. The number of hydrogen-bond acceptors (Lipinski definition) is 4. The number of nitrogens with zero attached hydrogens (tertiary/aromatic N) is 2. The van der Waals surface area contributed by atoms with Crippen molar-refractivity contribution in [1.29, 1.82) is 0 Å². The minimum absolute atomic E-state index is 0.0388. The van der Waals surface area contributed by atoms with Crippen LogP contribution in [0.15, 0.2) is 6.20 Å². The van der Waals surface area contributed by atoms with Crippen LogP contribution in [0.25, 0.3) is 0 Å². The van der Waals surface area contributed by atoms with Gasteiger partial charge in [0.25, 0.3) is 0 Å². The molecule has 0 radical (unpaired) electrons. The largest absolute Gasteiger partial charge is 0.465 e. The summed E-state index contributed by atoms with van der Waals surface area (Å²) >= 11 is 2.01. The van der Waals surface area contributed by atoms with E-state index in [4.69, 9.17) is 4.74 Å². The molecule has 1 aromatic heterocycles. The van der Waals surface area contributed by atoms with E-state index in [2.05, 4.69) is 5.10 Å². The van der Waals surface area contributed by atoms with E-state index in [0.29, 0.717) is 12.3 Å². The first-order valence-corrected chi connectivity index (χ1v) is 5.52. The Morgan fingerprint density at radius 1 is 1.60 bits per heavy atom. The Bertz CT molecular complexity index is 387. The molecule has 0 fully saturated rings. The highest BCUT2D eigenvalue weighted by Gasteiger charge is 2.12. The number of carbonyl (C=O) groups excluding carboxylic acids is 2. The van der Waals surface area contributed by atoms with E-state index in [9.17, 15) is 9.59 Å². The minimum Gasteiger partial charge on any atom is -0.465 e. The van der Waals surface area contributed by atoms with E-state index >= 15 is 0 Å². The van der Waals surface area contributed by atoms with E-state index in [1.54, 1.807) is 13.1 Å². The number of hydrogen-bond donors (Lipinski definition) is 0. The zero-order valence-corrected chi connectivity index (χ0v) is 10.6. The Balaban J connectivity index is 2.75. The normalized spacial score (nSPS) is 10.1. The number of Topliss-reactive ketones (excluding diaryl/α,β-unsaturated/α-hetero) is 1. The molecule has 0 saturated carbocycles. The van der Waals surface area contributed by atoms with Gasteiger partial charge in [-0.2, -0.15) is 5.10 Å². The molecule has 1 aromatic rings. The predicted molar refractivity (Wildman–Crippen MR) is 61.6 cm³/mol. The van der Waals surface area contributed by atoms with E-state index < -0.39 is 0 Å². The first kappa shape index (κ1) is 12.2. The second kappa shape index (κ2) is 5.24. The average molecular weight is 322 g/mol. The standard InChI is InChI=1S/C9H11IN2O3/c1-3-15-8(14)5-12-4-7(10)9(11-12)6(2)13/h4H,3,5H2,1-2H3. The fourth-order valence-electron chi connectivity index (χ4n) is 1.06. The molecule has 0 aromatic carbocycles. The van der Waals surface area contributed by atoms with Gasteiger partial charge >= 0.3 is 5.97 Å². The SMILES string of the molecule is CCOC(=O)Cn1cc(I)c(C(C)=O)n1. The third-order valence-electron chi connectivity index (χ3n) is 1.65. The van der Waals surface area contributed by atoms with Crippen LogP contribution in [0.5, 0.6) is 0 Å². The molecule has 1 rings (SSSR count). The molecule has 0 unspecified atom stereocenters. The summed E-state index contributed by atoms with van der Waals surface area (Å²) in [6.45, 7) is 3.57. The monoisotopic (exact) mass is 322 g/mol. The second-order valence-corrected chi connectivity index (χ2v) is 4.05. The van der Waals surface area contributed by atoms with Crippen LogP contribution < -0.4 is 0 Å². The van der Waals surface area contributed by atoms with Crippen molar-refractivity contribution in [1.82, 2.24) is 9.78 Å². The lowest BCUT2D eigenvalue weighted by atomic mass is 10.3. The van der Waals surface area contributed by atoms with Gasteiger partial charge in [0.2, 0.25) is 0 Å². The van der Waals surface area contributed by atoms with Crippen molar-refractivity contribution in [3.63, 3.8) is 0 Å². The van der Waals surface area contributed by atoms with Crippen molar-refractivity contribution in [3.8, 4) is 0 Å². The van der Waals surface area contributed by atoms with Crippen molar-refractivity contribution >= 4 is 34.3 Å². The van der Waals surface area contributed by atoms with Crippen LogP contribution in [0.1, 0.15) is 24.3 Å². The smallest absolute Gasteiger partial charge is 0.327 e. The van der Waals surface area contributed by atoms with Crippen LogP contribution >= 0.6 is 22.6 Å². The van der Waals surface area contributed by atoms with E-state index in [1.165, 1.54) is 11.6 Å². The van der Waals surface area contributed by atoms with Gasteiger partial charge in [-0.25, -0.2) is 0 Å². The Labute approximate surface area is 101 Å². The lowest BCUT2D eigenvalue weighted by Crippen LogP contribution is -2.14. The molecule has 0 N–H and O–H groups in total. The highest BCUT2D eigenvalue weighted by molar-refractivity contribution is 14.1. The molecule has 0 aliphatic carbocycles. The highest BCUT2D eigenvalue weighted by Crippen LogP contribution is 2.10. The Morgan fingerprint density at radius 3 is 2.73 bits per heavy atom. The van der Waals surface area contributed by atoms with Gasteiger partial charge in [0, 0.05) is 13.1 Å². The van der Waals surface area contributed by atoms with Crippen molar-refractivity contribution in [2.24, 2.45) is 0 Å². The molecule has 15 heavy (non-hydrogen) atoms. The summed E-state index contributed by atoms with van der Waals surface area (Å²) in [4.78, 5) is 22.2. The molecule has 6 heteroatoms. The maximum Gasteiger partial charge on any atom is 0.327 e. The zero-order valence-electron chi connectivity index (χ0n) is 8.49. The summed E-state index contributed by atoms with van der Waals surface area (Å²) in [6.07, 6.45) is 1.65. The highest BCUT2D eigenvalue weighted by atomic mass is 127. The fourth-order valence-corrected chi connectivity index (χ4v) is 1.86. The zero-order chi connectivity index (χ0) is 11.4. The molecule has 82 valence electrons. The van der Waals surface area contributed by atoms with Gasteiger partial charge < -0.3 is 4.74 Å². The lowest BCUT2D eigenvalue weighted by molar-refractivity contribution is -0.144. The Morgan fingerprint density at radius 2 is 2.27 bits per heavy atom. The Kier molecular flexibility index (Phi) is 4.25. The van der Waals surface area contributed by atoms with Crippen molar-refractivity contribution in [2.45, 2.75) is 20.4 Å². The molecular formula is C9H11IN2O3. The number of ketones is 1. The fraction of sp³-hybridized carbons (Fsp3) is 0.444. The number of rotatable bonds is 4. The van der Waals surface area contributed by atoms with Gasteiger partial charge in [-0.15, -0.1) is 0 Å². The van der Waals surface area contributed by atoms with E-state index in [0.717, 1.165) is 3.57 Å². The van der Waals surface area contributed by atoms with Crippen LogP contribution in [0, 0.1) is 3.57 Å². The predicted octanol–water partition coefficient (Wildman–Crippen LogP) is 1.25. The molecule has 0 atom stereocenters. The summed E-state index contributed by atoms with van der Waals surface area (Å²) in [7, 11) is 0. The van der Waals surface area contributed by atoms with Crippen LogP contribution in [0.4, 0.5) is 0 Å². The molecule has 0 saturated heterocycles. The number of carbonyl (C=O) groups is 2. The molecule has 5 nitrogen and oxygen atoms in total. The van der Waals surface area contributed by atoms with Crippen molar-refractivity contribution < 1.29 is 14.3 Å². The molecule has 0 bridgehead atoms. The van der Waals surface area contributed by atoms with Gasteiger partial charge in [0.15, 0.2) is 5.78 Å². The summed E-state index contributed by atoms with van der Waals surface area (Å²) in [5.41, 5.74) is 0.389. The maximum atomic E-state index is 11.1. The van der Waals surface area contributed by atoms with Gasteiger partial charge in [-0.3, -0.25) is 14.3 Å². The molecule has 0 aliphatic heterocycles. The Hall–Kier alpha value is -0.920. The summed E-state index contributed by atoms with van der Waals surface area (Å²) in [5.74, 6) is -0.464. The van der Waals surface area contributed by atoms with Crippen molar-refractivity contribution in [2.75, 3.05) is 6.61 Å². The summed E-state index contributed by atoms with van der Waals surface area (Å²) in [6, 6.07) is 0. The van der Waals surface area contributed by atoms with Crippen molar-refractivity contribution in [3.05, 3.63) is 15.5 Å².